The fourth-order valence-electron chi connectivity index (χ4n) is 1.69. The van der Waals surface area contributed by atoms with Crippen LogP contribution < -0.4 is 5.32 Å². The lowest BCUT2D eigenvalue weighted by molar-refractivity contribution is -0.384. The Morgan fingerprint density at radius 2 is 2.06 bits per heavy atom. The average Bonchev–Trinajstić information content (AvgIpc) is 2.73. The third-order valence-electron chi connectivity index (χ3n) is 2.53. The molecule has 0 atom stereocenters. The number of rotatable bonds is 3. The first kappa shape index (κ1) is 11.1. The Balaban J connectivity index is 2.12. The number of halogens is 1. The van der Waals surface area contributed by atoms with Crippen LogP contribution in [0.15, 0.2) is 34.8 Å². The molecule has 16 heavy (non-hydrogen) atoms. The first-order chi connectivity index (χ1) is 7.66. The fraction of sp³-hybridized carbons (Fsp3) is 0.273. The van der Waals surface area contributed by atoms with E-state index in [0.717, 1.165) is 23.0 Å². The molecule has 1 aliphatic rings. The van der Waals surface area contributed by atoms with Crippen molar-refractivity contribution >= 4 is 27.3 Å². The number of non-ortho nitro benzene ring substituents is 1. The lowest BCUT2D eigenvalue weighted by Gasteiger charge is -2.14. The first-order valence-electron chi connectivity index (χ1n) is 5.02. The fourth-order valence-corrected chi connectivity index (χ4v) is 2.17. The zero-order valence-electron chi connectivity index (χ0n) is 8.52. The van der Waals surface area contributed by atoms with Gasteiger partial charge in [-0.2, -0.15) is 0 Å². The highest BCUT2D eigenvalue weighted by Gasteiger charge is 2.13. The second-order valence-corrected chi connectivity index (χ2v) is 4.56. The molecule has 0 saturated carbocycles. The van der Waals surface area contributed by atoms with Crippen LogP contribution in [0.4, 0.5) is 11.4 Å². The Morgan fingerprint density at radius 3 is 2.62 bits per heavy atom. The zero-order valence-corrected chi connectivity index (χ0v) is 10.1. The maximum absolute atomic E-state index is 10.6. The molecular weight excluding hydrogens is 272 g/mol. The molecule has 0 aromatic heterocycles. The number of nitro benzene ring substituents is 1. The predicted octanol–water partition coefficient (Wildman–Crippen LogP) is 3.49. The smallest absolute Gasteiger partial charge is 0.270 e. The molecule has 0 spiro atoms. The van der Waals surface area contributed by atoms with E-state index in [1.807, 2.05) is 0 Å². The van der Waals surface area contributed by atoms with Crippen LogP contribution in [0.3, 0.4) is 0 Å². The minimum Gasteiger partial charge on any atom is -0.381 e. The summed E-state index contributed by atoms with van der Waals surface area (Å²) < 4.78 is 0.730. The van der Waals surface area contributed by atoms with Crippen LogP contribution in [0, 0.1) is 10.1 Å². The van der Waals surface area contributed by atoms with Crippen molar-refractivity contribution in [3.8, 4) is 0 Å². The summed E-state index contributed by atoms with van der Waals surface area (Å²) in [6.07, 6.45) is 6.28. The molecule has 0 heterocycles. The molecule has 4 nitrogen and oxygen atoms in total. The van der Waals surface area contributed by atoms with Crippen LogP contribution in [-0.4, -0.2) is 11.0 Å². The van der Waals surface area contributed by atoms with E-state index in [0.29, 0.717) is 6.04 Å². The van der Waals surface area contributed by atoms with Crippen LogP contribution >= 0.6 is 15.9 Å². The van der Waals surface area contributed by atoms with Gasteiger partial charge in [0, 0.05) is 28.3 Å². The van der Waals surface area contributed by atoms with Crippen molar-refractivity contribution < 1.29 is 4.92 Å². The largest absolute Gasteiger partial charge is 0.381 e. The second-order valence-electron chi connectivity index (χ2n) is 3.71. The molecule has 1 aromatic rings. The van der Waals surface area contributed by atoms with E-state index in [1.165, 1.54) is 12.1 Å². The lowest BCUT2D eigenvalue weighted by Crippen LogP contribution is -2.15. The van der Waals surface area contributed by atoms with E-state index in [4.69, 9.17) is 0 Å². The van der Waals surface area contributed by atoms with Crippen molar-refractivity contribution in [2.75, 3.05) is 5.32 Å². The van der Waals surface area contributed by atoms with Gasteiger partial charge in [0.1, 0.15) is 0 Å². The van der Waals surface area contributed by atoms with Gasteiger partial charge in [0.2, 0.25) is 0 Å². The molecular formula is C11H11BrN2O2. The number of nitrogens with zero attached hydrogens (tertiary/aromatic N) is 1. The number of benzene rings is 1. The Kier molecular flexibility index (Phi) is 3.24. The van der Waals surface area contributed by atoms with E-state index in [2.05, 4.69) is 33.4 Å². The van der Waals surface area contributed by atoms with E-state index in [9.17, 15) is 10.1 Å². The van der Waals surface area contributed by atoms with Crippen LogP contribution in [0.5, 0.6) is 0 Å². The monoisotopic (exact) mass is 282 g/mol. The van der Waals surface area contributed by atoms with Gasteiger partial charge in [0.25, 0.3) is 5.69 Å². The highest BCUT2D eigenvalue weighted by molar-refractivity contribution is 9.10. The normalized spacial score (nSPS) is 15.3. The van der Waals surface area contributed by atoms with Gasteiger partial charge in [-0.3, -0.25) is 10.1 Å². The number of hydrogen-bond acceptors (Lipinski definition) is 3. The molecule has 0 saturated heterocycles. The van der Waals surface area contributed by atoms with Crippen molar-refractivity contribution in [2.24, 2.45) is 0 Å². The Hall–Kier alpha value is -1.36. The summed E-state index contributed by atoms with van der Waals surface area (Å²) in [5.41, 5.74) is 1.00. The van der Waals surface area contributed by atoms with Gasteiger partial charge in [-0.1, -0.05) is 12.2 Å². The lowest BCUT2D eigenvalue weighted by atomic mass is 10.2. The standard InChI is InChI=1S/C11H11BrN2O2/c12-10-7-9(14(15)16)5-6-11(10)13-8-3-1-2-4-8/h1-2,5-8,13H,3-4H2. The molecule has 1 aromatic carbocycles. The summed E-state index contributed by atoms with van der Waals surface area (Å²) >= 11 is 3.34. The topological polar surface area (TPSA) is 55.2 Å². The summed E-state index contributed by atoms with van der Waals surface area (Å²) in [5, 5.41) is 13.9. The average molecular weight is 283 g/mol. The minimum atomic E-state index is -0.397. The molecule has 0 amide bonds. The maximum Gasteiger partial charge on any atom is 0.270 e. The third kappa shape index (κ3) is 2.41. The van der Waals surface area contributed by atoms with Gasteiger partial charge < -0.3 is 5.32 Å². The predicted molar refractivity (Wildman–Crippen MR) is 66.6 cm³/mol. The molecule has 1 N–H and O–H groups in total. The molecule has 0 radical (unpaired) electrons. The van der Waals surface area contributed by atoms with Gasteiger partial charge in [0.05, 0.1) is 4.92 Å². The van der Waals surface area contributed by atoms with E-state index >= 15 is 0 Å². The summed E-state index contributed by atoms with van der Waals surface area (Å²) in [6.45, 7) is 0. The number of nitro groups is 1. The first-order valence-corrected chi connectivity index (χ1v) is 5.81. The highest BCUT2D eigenvalue weighted by atomic mass is 79.9. The molecule has 0 fully saturated rings. The van der Waals surface area contributed by atoms with Gasteiger partial charge in [0.15, 0.2) is 0 Å². The summed E-state index contributed by atoms with van der Waals surface area (Å²) in [4.78, 5) is 10.2. The summed E-state index contributed by atoms with van der Waals surface area (Å²) in [7, 11) is 0. The summed E-state index contributed by atoms with van der Waals surface area (Å²) in [6, 6.07) is 5.17. The van der Waals surface area contributed by atoms with Crippen molar-refractivity contribution in [1.29, 1.82) is 0 Å². The van der Waals surface area contributed by atoms with Crippen LogP contribution in [0.25, 0.3) is 0 Å². The quantitative estimate of drug-likeness (QED) is 0.525. The zero-order chi connectivity index (χ0) is 11.5. The Morgan fingerprint density at radius 1 is 1.38 bits per heavy atom. The van der Waals surface area contributed by atoms with Crippen molar-refractivity contribution in [3.05, 3.63) is 44.9 Å². The van der Waals surface area contributed by atoms with Gasteiger partial charge >= 0.3 is 0 Å². The third-order valence-corrected chi connectivity index (χ3v) is 3.19. The molecule has 84 valence electrons. The molecule has 1 aliphatic carbocycles. The van der Waals surface area contributed by atoms with Gasteiger partial charge in [-0.05, 0) is 34.8 Å². The second kappa shape index (κ2) is 4.65. The SMILES string of the molecule is O=[N+]([O-])c1ccc(NC2CC=CC2)c(Br)c1. The number of anilines is 1. The van der Waals surface area contributed by atoms with Crippen LogP contribution in [-0.2, 0) is 0 Å². The number of hydrogen-bond donors (Lipinski definition) is 1. The maximum atomic E-state index is 10.6. The van der Waals surface area contributed by atoms with Gasteiger partial charge in [-0.15, -0.1) is 0 Å². The van der Waals surface area contributed by atoms with Crippen molar-refractivity contribution in [1.82, 2.24) is 0 Å². The van der Waals surface area contributed by atoms with E-state index < -0.39 is 4.92 Å². The Labute approximate surface area is 102 Å². The van der Waals surface area contributed by atoms with Crippen LogP contribution in [0.2, 0.25) is 0 Å². The number of nitrogens with one attached hydrogen (secondary N) is 1. The minimum absolute atomic E-state index is 0.0990. The van der Waals surface area contributed by atoms with E-state index in [-0.39, 0.29) is 5.69 Å². The molecule has 2 rings (SSSR count). The summed E-state index contributed by atoms with van der Waals surface area (Å²) in [5.74, 6) is 0. The molecule has 0 unspecified atom stereocenters. The molecule has 0 aliphatic heterocycles. The van der Waals surface area contributed by atoms with Gasteiger partial charge in [-0.25, -0.2) is 0 Å². The molecule has 0 bridgehead atoms. The van der Waals surface area contributed by atoms with E-state index in [1.54, 1.807) is 6.07 Å². The van der Waals surface area contributed by atoms with Crippen LogP contribution in [0.1, 0.15) is 12.8 Å². The van der Waals surface area contributed by atoms with Crippen molar-refractivity contribution in [3.63, 3.8) is 0 Å². The Bertz CT molecular complexity index is 438. The molecule has 5 heteroatoms. The van der Waals surface area contributed by atoms with Crippen molar-refractivity contribution in [2.45, 2.75) is 18.9 Å². The highest BCUT2D eigenvalue weighted by Crippen LogP contribution is 2.29.